The smallest absolute Gasteiger partial charge is 0.126 e. The summed E-state index contributed by atoms with van der Waals surface area (Å²) in [5.41, 5.74) is 0. The van der Waals surface area contributed by atoms with E-state index in [1.165, 1.54) is 0 Å². The molecule has 3 nitrogen and oxygen atoms in total. The number of hydrogen-bond donors (Lipinski definition) is 2. The number of anilines is 1. The van der Waals surface area contributed by atoms with Crippen molar-refractivity contribution in [2.75, 3.05) is 18.9 Å². The van der Waals surface area contributed by atoms with E-state index in [0.717, 1.165) is 18.8 Å². The number of aromatic nitrogens is 1. The van der Waals surface area contributed by atoms with Gasteiger partial charge in [0.25, 0.3) is 0 Å². The third-order valence-corrected chi connectivity index (χ3v) is 2.38. The van der Waals surface area contributed by atoms with Crippen LogP contribution in [0.1, 0.15) is 13.3 Å². The van der Waals surface area contributed by atoms with Gasteiger partial charge in [0.2, 0.25) is 0 Å². The Morgan fingerprint density at radius 3 is 2.35 bits per heavy atom. The lowest BCUT2D eigenvalue weighted by Gasteiger charge is -2.14. The Kier molecular flexibility index (Phi) is 16.4. The molecular weight excluding hydrogens is 304 g/mol. The molecule has 0 aliphatic heterocycles. The molecule has 0 unspecified atom stereocenters. The van der Waals surface area contributed by atoms with Crippen LogP contribution in [0.2, 0.25) is 5.02 Å². The first-order valence-corrected chi connectivity index (χ1v) is 5.16. The first-order chi connectivity index (χ1) is 6.76. The van der Waals surface area contributed by atoms with Crippen molar-refractivity contribution in [3.8, 4) is 0 Å². The van der Waals surface area contributed by atoms with Crippen LogP contribution in [0.15, 0.2) is 18.3 Å². The number of hydrogen-bond acceptors (Lipinski definition) is 3. The average molecular weight is 323 g/mol. The molecule has 102 valence electrons. The van der Waals surface area contributed by atoms with Crippen LogP contribution in [-0.2, 0) is 0 Å². The highest BCUT2D eigenvalue weighted by Gasteiger charge is 2.02. The SMILES string of the molecule is CC[C@@H](CNc1ccc(Cl)cn1)NC.Cl.Cl.Cl. The maximum absolute atomic E-state index is 5.73. The molecule has 0 radical (unpaired) electrons. The lowest BCUT2D eigenvalue weighted by atomic mass is 10.2. The third-order valence-electron chi connectivity index (χ3n) is 2.16. The normalized spacial score (nSPS) is 10.3. The summed E-state index contributed by atoms with van der Waals surface area (Å²) < 4.78 is 0. The van der Waals surface area contributed by atoms with Crippen LogP contribution >= 0.6 is 48.8 Å². The molecule has 1 aromatic rings. The summed E-state index contributed by atoms with van der Waals surface area (Å²) in [5, 5.41) is 7.12. The third kappa shape index (κ3) is 8.75. The fourth-order valence-electron chi connectivity index (χ4n) is 1.16. The van der Waals surface area contributed by atoms with Crippen molar-refractivity contribution in [3.05, 3.63) is 23.4 Å². The van der Waals surface area contributed by atoms with Gasteiger partial charge in [-0.3, -0.25) is 0 Å². The summed E-state index contributed by atoms with van der Waals surface area (Å²) in [7, 11) is 1.96. The Morgan fingerprint density at radius 1 is 1.29 bits per heavy atom. The summed E-state index contributed by atoms with van der Waals surface area (Å²) >= 11 is 5.73. The minimum atomic E-state index is 0. The molecule has 7 heteroatoms. The molecule has 0 saturated heterocycles. The quantitative estimate of drug-likeness (QED) is 0.872. The lowest BCUT2D eigenvalue weighted by molar-refractivity contribution is 0.568. The zero-order chi connectivity index (χ0) is 10.4. The lowest BCUT2D eigenvalue weighted by Crippen LogP contribution is -2.31. The second-order valence-corrected chi connectivity index (χ2v) is 3.57. The highest BCUT2D eigenvalue weighted by Crippen LogP contribution is 2.09. The molecule has 0 aliphatic carbocycles. The number of halogens is 4. The minimum absolute atomic E-state index is 0. The van der Waals surface area contributed by atoms with Gasteiger partial charge in [0.1, 0.15) is 5.82 Å². The Hall–Kier alpha value is 0.0700. The van der Waals surface area contributed by atoms with Gasteiger partial charge in [0.15, 0.2) is 0 Å². The van der Waals surface area contributed by atoms with Gasteiger partial charge >= 0.3 is 0 Å². The molecular formula is C10H19Cl4N3. The van der Waals surface area contributed by atoms with E-state index in [4.69, 9.17) is 11.6 Å². The largest absolute Gasteiger partial charge is 0.369 e. The summed E-state index contributed by atoms with van der Waals surface area (Å²) in [4.78, 5) is 4.15. The van der Waals surface area contributed by atoms with Gasteiger partial charge in [0.05, 0.1) is 5.02 Å². The van der Waals surface area contributed by atoms with Crippen molar-refractivity contribution < 1.29 is 0 Å². The van der Waals surface area contributed by atoms with E-state index in [1.54, 1.807) is 6.20 Å². The second kappa shape index (κ2) is 12.5. The van der Waals surface area contributed by atoms with E-state index in [2.05, 4.69) is 22.5 Å². The van der Waals surface area contributed by atoms with Crippen LogP contribution < -0.4 is 10.6 Å². The number of likely N-dealkylation sites (N-methyl/N-ethyl adjacent to an activating group) is 1. The van der Waals surface area contributed by atoms with E-state index >= 15 is 0 Å². The number of pyridine rings is 1. The summed E-state index contributed by atoms with van der Waals surface area (Å²) in [6.07, 6.45) is 2.74. The molecule has 0 fully saturated rings. The Bertz CT molecular complexity index is 265. The van der Waals surface area contributed by atoms with Crippen LogP contribution in [0.4, 0.5) is 5.82 Å². The number of rotatable bonds is 5. The van der Waals surface area contributed by atoms with Crippen molar-refractivity contribution in [1.29, 1.82) is 0 Å². The average Bonchev–Trinajstić information content (AvgIpc) is 2.22. The maximum atomic E-state index is 5.73. The van der Waals surface area contributed by atoms with Crippen molar-refractivity contribution in [1.82, 2.24) is 10.3 Å². The number of nitrogens with one attached hydrogen (secondary N) is 2. The molecule has 17 heavy (non-hydrogen) atoms. The molecule has 1 aromatic heterocycles. The molecule has 0 saturated carbocycles. The Balaban J connectivity index is -0.000000653. The van der Waals surface area contributed by atoms with E-state index in [0.29, 0.717) is 11.1 Å². The van der Waals surface area contributed by atoms with E-state index in [9.17, 15) is 0 Å². The van der Waals surface area contributed by atoms with Crippen molar-refractivity contribution in [2.24, 2.45) is 0 Å². The zero-order valence-electron chi connectivity index (χ0n) is 9.77. The monoisotopic (exact) mass is 321 g/mol. The predicted octanol–water partition coefficient (Wildman–Crippen LogP) is 3.41. The predicted molar refractivity (Wildman–Crippen MR) is 82.6 cm³/mol. The van der Waals surface area contributed by atoms with Gasteiger partial charge < -0.3 is 10.6 Å². The highest BCUT2D eigenvalue weighted by molar-refractivity contribution is 6.30. The minimum Gasteiger partial charge on any atom is -0.369 e. The topological polar surface area (TPSA) is 37.0 Å². The van der Waals surface area contributed by atoms with Crippen LogP contribution in [0, 0.1) is 0 Å². The van der Waals surface area contributed by atoms with Gasteiger partial charge in [-0.15, -0.1) is 37.2 Å². The Morgan fingerprint density at radius 2 is 1.94 bits per heavy atom. The fourth-order valence-corrected chi connectivity index (χ4v) is 1.27. The van der Waals surface area contributed by atoms with Gasteiger partial charge in [0, 0.05) is 18.8 Å². The molecule has 2 N–H and O–H groups in total. The maximum Gasteiger partial charge on any atom is 0.126 e. The Labute approximate surface area is 126 Å². The summed E-state index contributed by atoms with van der Waals surface area (Å²) in [5.74, 6) is 0.864. The van der Waals surface area contributed by atoms with Crippen LogP contribution in [-0.4, -0.2) is 24.6 Å². The van der Waals surface area contributed by atoms with E-state index < -0.39 is 0 Å². The highest BCUT2D eigenvalue weighted by atomic mass is 35.5. The van der Waals surface area contributed by atoms with Crippen LogP contribution in [0.3, 0.4) is 0 Å². The fraction of sp³-hybridized carbons (Fsp3) is 0.500. The molecule has 0 amide bonds. The molecule has 1 atom stereocenters. The van der Waals surface area contributed by atoms with Crippen molar-refractivity contribution >= 4 is 54.6 Å². The zero-order valence-corrected chi connectivity index (χ0v) is 13.0. The van der Waals surface area contributed by atoms with E-state index in [-0.39, 0.29) is 37.2 Å². The molecule has 0 bridgehead atoms. The molecule has 1 heterocycles. The molecule has 1 rings (SSSR count). The van der Waals surface area contributed by atoms with Gasteiger partial charge in [-0.25, -0.2) is 4.98 Å². The standard InChI is InChI=1S/C10H16ClN3.3ClH/c1-3-9(12-2)7-14-10-5-4-8(11)6-13-10;;;/h4-6,9,12H,3,7H2,1-2H3,(H,13,14);3*1H/t9-;;;/m0.../s1. The molecule has 0 aromatic carbocycles. The van der Waals surface area contributed by atoms with Gasteiger partial charge in [-0.1, -0.05) is 18.5 Å². The van der Waals surface area contributed by atoms with Gasteiger partial charge in [-0.2, -0.15) is 0 Å². The van der Waals surface area contributed by atoms with Crippen LogP contribution in [0.5, 0.6) is 0 Å². The van der Waals surface area contributed by atoms with Crippen molar-refractivity contribution in [3.63, 3.8) is 0 Å². The van der Waals surface area contributed by atoms with Crippen LogP contribution in [0.25, 0.3) is 0 Å². The molecule has 0 spiro atoms. The van der Waals surface area contributed by atoms with E-state index in [1.807, 2.05) is 19.2 Å². The summed E-state index contributed by atoms with van der Waals surface area (Å²) in [6.45, 7) is 3.03. The first-order valence-electron chi connectivity index (χ1n) is 4.79. The first kappa shape index (κ1) is 22.3. The second-order valence-electron chi connectivity index (χ2n) is 3.14. The van der Waals surface area contributed by atoms with Crippen molar-refractivity contribution in [2.45, 2.75) is 19.4 Å². The molecule has 0 aliphatic rings. The summed E-state index contributed by atoms with van der Waals surface area (Å²) in [6, 6.07) is 4.19. The number of nitrogens with zero attached hydrogens (tertiary/aromatic N) is 1. The van der Waals surface area contributed by atoms with Gasteiger partial charge in [-0.05, 0) is 25.6 Å².